The van der Waals surface area contributed by atoms with Crippen molar-refractivity contribution in [3.8, 4) is 11.8 Å². The molecule has 42 heavy (non-hydrogen) atoms. The highest BCUT2D eigenvalue weighted by Gasteiger charge is 2.29. The van der Waals surface area contributed by atoms with Gasteiger partial charge in [0.1, 0.15) is 17.7 Å². The first kappa shape index (κ1) is 31.2. The van der Waals surface area contributed by atoms with Gasteiger partial charge in [-0.3, -0.25) is 0 Å². The van der Waals surface area contributed by atoms with E-state index < -0.39 is 0 Å². The summed E-state index contributed by atoms with van der Waals surface area (Å²) in [5.74, 6) is 1.31. The molecule has 1 N–H and O–H groups in total. The van der Waals surface area contributed by atoms with Crippen molar-refractivity contribution in [2.75, 3.05) is 62.7 Å². The molecule has 0 spiro atoms. The second kappa shape index (κ2) is 14.4. The van der Waals surface area contributed by atoms with Crippen molar-refractivity contribution >= 4 is 22.3 Å². The van der Waals surface area contributed by atoms with Crippen LogP contribution in [0.5, 0.6) is 11.8 Å². The fraction of sp³-hybridized carbons (Fsp3) is 0.471. The van der Waals surface area contributed by atoms with Gasteiger partial charge in [0.05, 0.1) is 12.2 Å². The molecule has 1 aromatic heterocycles. The van der Waals surface area contributed by atoms with Crippen LogP contribution in [0.25, 0.3) is 10.8 Å². The summed E-state index contributed by atoms with van der Waals surface area (Å²) in [6.45, 7) is 23.4. The number of piperidine rings is 1. The van der Waals surface area contributed by atoms with Gasteiger partial charge in [-0.2, -0.15) is 9.97 Å². The molecule has 0 radical (unpaired) electrons. The van der Waals surface area contributed by atoms with Crippen LogP contribution in [-0.4, -0.2) is 83.8 Å². The van der Waals surface area contributed by atoms with Crippen LogP contribution >= 0.6 is 0 Å². The lowest BCUT2D eigenvalue weighted by molar-refractivity contribution is 0.0952. The summed E-state index contributed by atoms with van der Waals surface area (Å²) >= 11 is 0. The maximum atomic E-state index is 10.5. The van der Waals surface area contributed by atoms with Crippen LogP contribution in [0, 0.1) is 0 Å². The Morgan fingerprint density at radius 3 is 2.43 bits per heavy atom. The van der Waals surface area contributed by atoms with Crippen molar-refractivity contribution in [2.45, 2.75) is 52.7 Å². The standard InChI is InChI=1S/C30H38N6O2.C2H6.C2H4/c1-21(2)34-13-15-35(16-14-34)29-26-10-12-36(28-18-23(37)17-22-7-4-5-9-25(22)28)20-27(26)31-30(32-29)38-24-8-6-11-33(3)19-24;2*1-2/h4-5,7,9,17-18,24,37H,1,6,8,10-16,19-20H2,2-3H3;1-2H3;1-2H2. The number of benzene rings is 2. The number of anilines is 2. The quantitative estimate of drug-likeness (QED) is 0.382. The number of rotatable bonds is 5. The third kappa shape index (κ3) is 6.98. The highest BCUT2D eigenvalue weighted by Crippen LogP contribution is 2.36. The van der Waals surface area contributed by atoms with E-state index in [9.17, 15) is 5.11 Å². The molecular weight excluding hydrogens is 524 g/mol. The Morgan fingerprint density at radius 2 is 1.71 bits per heavy atom. The molecule has 0 bridgehead atoms. The number of likely N-dealkylation sites (N-methyl/N-ethyl adjacent to an activating group) is 1. The third-order valence-electron chi connectivity index (χ3n) is 8.16. The van der Waals surface area contributed by atoms with Gasteiger partial charge in [-0.25, -0.2) is 0 Å². The number of piperazine rings is 1. The van der Waals surface area contributed by atoms with E-state index in [0.717, 1.165) is 98.7 Å². The Bertz CT molecular complexity index is 1350. The first-order chi connectivity index (χ1) is 20.4. The number of nitrogens with zero attached hydrogens (tertiary/aromatic N) is 6. The zero-order valence-electron chi connectivity index (χ0n) is 26.0. The summed E-state index contributed by atoms with van der Waals surface area (Å²) < 4.78 is 6.44. The predicted octanol–water partition coefficient (Wildman–Crippen LogP) is 5.86. The number of ether oxygens (including phenoxy) is 1. The molecule has 0 amide bonds. The lowest BCUT2D eigenvalue weighted by Crippen LogP contribution is -2.46. The van der Waals surface area contributed by atoms with Crippen molar-refractivity contribution < 1.29 is 9.84 Å². The molecule has 6 rings (SSSR count). The van der Waals surface area contributed by atoms with Gasteiger partial charge in [-0.15, -0.1) is 13.2 Å². The molecule has 3 aliphatic heterocycles. The smallest absolute Gasteiger partial charge is 0.318 e. The largest absolute Gasteiger partial charge is 0.508 e. The molecule has 2 aromatic carbocycles. The Morgan fingerprint density at radius 1 is 0.976 bits per heavy atom. The van der Waals surface area contributed by atoms with Gasteiger partial charge in [-0.05, 0) is 51.2 Å². The second-order valence-electron chi connectivity index (χ2n) is 11.0. The number of phenols is 1. The lowest BCUT2D eigenvalue weighted by Gasteiger charge is -2.39. The van der Waals surface area contributed by atoms with E-state index in [2.05, 4.69) is 71.5 Å². The first-order valence-corrected chi connectivity index (χ1v) is 15.3. The Hall–Kier alpha value is -3.78. The molecule has 0 aliphatic carbocycles. The van der Waals surface area contributed by atoms with Crippen molar-refractivity contribution in [2.24, 2.45) is 0 Å². The molecular formula is C34H48N6O2. The highest BCUT2D eigenvalue weighted by molar-refractivity contribution is 5.95. The summed E-state index contributed by atoms with van der Waals surface area (Å²) in [7, 11) is 2.15. The monoisotopic (exact) mass is 572 g/mol. The molecule has 1 atom stereocenters. The Kier molecular flexibility index (Phi) is 10.7. The number of hydrogen-bond donors (Lipinski definition) is 1. The number of phenolic OH excluding ortho intramolecular Hbond substituents is 1. The van der Waals surface area contributed by atoms with Crippen LogP contribution in [0.15, 0.2) is 61.8 Å². The van der Waals surface area contributed by atoms with Crippen molar-refractivity contribution in [1.29, 1.82) is 0 Å². The Labute approximate surface area is 251 Å². The topological polar surface area (TPSA) is 68.2 Å². The molecule has 1 unspecified atom stereocenters. The number of aromatic hydroxyl groups is 1. The molecule has 8 heteroatoms. The van der Waals surface area contributed by atoms with E-state index >= 15 is 0 Å². The molecule has 2 fully saturated rings. The van der Waals surface area contributed by atoms with Gasteiger partial charge >= 0.3 is 6.01 Å². The molecule has 8 nitrogen and oxygen atoms in total. The summed E-state index contributed by atoms with van der Waals surface area (Å²) in [5.41, 5.74) is 4.41. The normalized spacial score (nSPS) is 18.8. The van der Waals surface area contributed by atoms with E-state index in [1.807, 2.05) is 32.0 Å². The number of aromatic nitrogens is 2. The maximum Gasteiger partial charge on any atom is 0.318 e. The minimum Gasteiger partial charge on any atom is -0.508 e. The van der Waals surface area contributed by atoms with E-state index in [-0.39, 0.29) is 11.9 Å². The van der Waals surface area contributed by atoms with Crippen LogP contribution in [0.3, 0.4) is 0 Å². The van der Waals surface area contributed by atoms with Crippen LogP contribution in [0.4, 0.5) is 11.5 Å². The van der Waals surface area contributed by atoms with Crippen LogP contribution in [0.2, 0.25) is 0 Å². The highest BCUT2D eigenvalue weighted by atomic mass is 16.5. The lowest BCUT2D eigenvalue weighted by atomic mass is 10.0. The zero-order valence-corrected chi connectivity index (χ0v) is 26.0. The fourth-order valence-corrected chi connectivity index (χ4v) is 6.11. The van der Waals surface area contributed by atoms with Crippen molar-refractivity contribution in [1.82, 2.24) is 19.8 Å². The number of allylic oxidation sites excluding steroid dienone is 1. The summed E-state index contributed by atoms with van der Waals surface area (Å²) in [6, 6.07) is 12.4. The van der Waals surface area contributed by atoms with Gasteiger partial charge in [-0.1, -0.05) is 44.7 Å². The number of likely N-dealkylation sites (tertiary alicyclic amines) is 1. The summed E-state index contributed by atoms with van der Waals surface area (Å²) in [6.07, 6.45) is 3.11. The number of hydrogen-bond acceptors (Lipinski definition) is 8. The average molecular weight is 573 g/mol. The van der Waals surface area contributed by atoms with Crippen molar-refractivity contribution in [3.05, 3.63) is 73.1 Å². The van der Waals surface area contributed by atoms with Crippen LogP contribution in [-0.2, 0) is 13.0 Å². The zero-order chi connectivity index (χ0) is 30.2. The van der Waals surface area contributed by atoms with E-state index in [4.69, 9.17) is 14.7 Å². The maximum absolute atomic E-state index is 10.5. The van der Waals surface area contributed by atoms with E-state index in [0.29, 0.717) is 12.6 Å². The molecule has 2 saturated heterocycles. The molecule has 3 aromatic rings. The first-order valence-electron chi connectivity index (χ1n) is 15.3. The van der Waals surface area contributed by atoms with Crippen LogP contribution < -0.4 is 14.5 Å². The van der Waals surface area contributed by atoms with Gasteiger partial charge in [0, 0.05) is 67.7 Å². The third-order valence-corrected chi connectivity index (χ3v) is 8.16. The van der Waals surface area contributed by atoms with E-state index in [1.165, 1.54) is 5.56 Å². The second-order valence-corrected chi connectivity index (χ2v) is 11.0. The SMILES string of the molecule is C=C.C=C(C)N1CCN(c2nc(OC3CCCN(C)C3)nc3c2CCN(c2cc(O)cc4ccccc24)C3)CC1.CC. The van der Waals surface area contributed by atoms with E-state index in [1.54, 1.807) is 0 Å². The van der Waals surface area contributed by atoms with Gasteiger partial charge in [0.25, 0.3) is 0 Å². The predicted molar refractivity (Wildman–Crippen MR) is 175 cm³/mol. The number of fused-ring (bicyclic) bond motifs is 2. The molecule has 3 aliphatic rings. The van der Waals surface area contributed by atoms with Gasteiger partial charge in [0.2, 0.25) is 0 Å². The average Bonchev–Trinajstić information content (AvgIpc) is 3.02. The van der Waals surface area contributed by atoms with Crippen molar-refractivity contribution in [3.63, 3.8) is 0 Å². The fourth-order valence-electron chi connectivity index (χ4n) is 6.11. The minimum absolute atomic E-state index is 0.106. The van der Waals surface area contributed by atoms with Gasteiger partial charge in [0.15, 0.2) is 0 Å². The Balaban J connectivity index is 0.000000972. The summed E-state index contributed by atoms with van der Waals surface area (Å²) in [4.78, 5) is 19.4. The minimum atomic E-state index is 0.106. The summed E-state index contributed by atoms with van der Waals surface area (Å²) in [5, 5.41) is 12.6. The molecule has 0 saturated carbocycles. The molecule has 226 valence electrons. The van der Waals surface area contributed by atoms with Crippen LogP contribution in [0.1, 0.15) is 44.9 Å². The molecule has 4 heterocycles. The van der Waals surface area contributed by atoms with Gasteiger partial charge < -0.3 is 29.4 Å².